The highest BCUT2D eigenvalue weighted by molar-refractivity contribution is 7.92. The summed E-state index contributed by atoms with van der Waals surface area (Å²) in [7, 11) is -1.96. The number of thiophene rings is 1. The largest absolute Gasteiger partial charge is 0.497 e. The van der Waals surface area contributed by atoms with Gasteiger partial charge in [-0.3, -0.25) is 4.79 Å². The first kappa shape index (κ1) is 25.6. The molecule has 9 heteroatoms. The van der Waals surface area contributed by atoms with E-state index in [1.54, 1.807) is 27.9 Å². The Hall–Kier alpha value is -1.61. The monoisotopic (exact) mass is 487 g/mol. The van der Waals surface area contributed by atoms with Crippen LogP contribution in [0.25, 0.3) is 10.4 Å². The first-order chi connectivity index (χ1) is 14.1. The summed E-state index contributed by atoms with van der Waals surface area (Å²) in [6, 6.07) is 11.4. The number of halogens is 1. The van der Waals surface area contributed by atoms with Gasteiger partial charge in [0, 0.05) is 16.3 Å². The van der Waals surface area contributed by atoms with Crippen molar-refractivity contribution < 1.29 is 22.7 Å². The molecule has 1 unspecified atom stereocenters. The predicted molar refractivity (Wildman–Crippen MR) is 127 cm³/mol. The molecule has 1 saturated heterocycles. The summed E-state index contributed by atoms with van der Waals surface area (Å²) in [4.78, 5) is 14.4. The van der Waals surface area contributed by atoms with Crippen LogP contribution >= 0.6 is 23.7 Å². The van der Waals surface area contributed by atoms with Gasteiger partial charge in [-0.15, -0.1) is 23.7 Å². The van der Waals surface area contributed by atoms with Crippen LogP contribution in [0.2, 0.25) is 0 Å². The van der Waals surface area contributed by atoms with Crippen molar-refractivity contribution in [1.82, 2.24) is 5.32 Å². The summed E-state index contributed by atoms with van der Waals surface area (Å²) in [6.45, 7) is 6.27. The molecule has 172 valence electrons. The summed E-state index contributed by atoms with van der Waals surface area (Å²) in [5.74, 6) is 0.257. The highest BCUT2D eigenvalue weighted by atomic mass is 35.5. The SMILES string of the molecule is COc1ccc(-c2ccc(C3(CC(=O)OC(C)(C)C)CCNCCS3(=O)=O)s2)cc1.Cl. The Balaban J connectivity index is 0.00000341. The number of hydrogen-bond donors (Lipinski definition) is 1. The number of rotatable bonds is 5. The van der Waals surface area contributed by atoms with E-state index in [0.717, 1.165) is 16.2 Å². The van der Waals surface area contributed by atoms with Crippen molar-refractivity contribution in [3.63, 3.8) is 0 Å². The molecule has 0 saturated carbocycles. The number of carbonyl (C=O) groups is 1. The maximum absolute atomic E-state index is 13.4. The Bertz CT molecular complexity index is 996. The molecule has 0 aliphatic carbocycles. The third-order valence-electron chi connectivity index (χ3n) is 5.13. The number of nitrogens with one attached hydrogen (secondary N) is 1. The van der Waals surface area contributed by atoms with Crippen molar-refractivity contribution in [2.24, 2.45) is 0 Å². The molecule has 1 aromatic carbocycles. The molecule has 0 radical (unpaired) electrons. The predicted octanol–water partition coefficient (Wildman–Crippen LogP) is 4.18. The maximum atomic E-state index is 13.4. The number of methoxy groups -OCH3 is 1. The van der Waals surface area contributed by atoms with Gasteiger partial charge in [0.25, 0.3) is 0 Å². The van der Waals surface area contributed by atoms with Crippen LogP contribution < -0.4 is 10.1 Å². The van der Waals surface area contributed by atoms with Gasteiger partial charge in [-0.05, 0) is 75.7 Å². The summed E-state index contributed by atoms with van der Waals surface area (Å²) in [5.41, 5.74) is 0.304. The topological polar surface area (TPSA) is 81.7 Å². The normalized spacial score (nSPS) is 20.9. The zero-order valence-corrected chi connectivity index (χ0v) is 20.7. The Labute approximate surface area is 194 Å². The molecule has 31 heavy (non-hydrogen) atoms. The zero-order valence-electron chi connectivity index (χ0n) is 18.3. The minimum atomic E-state index is -3.58. The first-order valence-electron chi connectivity index (χ1n) is 9.96. The maximum Gasteiger partial charge on any atom is 0.308 e. The number of carbonyl (C=O) groups excluding carboxylic acids is 1. The van der Waals surface area contributed by atoms with Crippen LogP contribution in [0.5, 0.6) is 5.75 Å². The third-order valence-corrected chi connectivity index (χ3v) is 9.10. The Morgan fingerprint density at radius 3 is 2.42 bits per heavy atom. The molecule has 2 aromatic rings. The smallest absolute Gasteiger partial charge is 0.308 e. The Kier molecular flexibility index (Phi) is 8.19. The third kappa shape index (κ3) is 5.80. The van der Waals surface area contributed by atoms with Gasteiger partial charge in [-0.2, -0.15) is 0 Å². The molecule has 1 fully saturated rings. The van der Waals surface area contributed by atoms with Crippen LogP contribution in [0.15, 0.2) is 36.4 Å². The van der Waals surface area contributed by atoms with Crippen LogP contribution in [0.1, 0.15) is 38.5 Å². The van der Waals surface area contributed by atoms with Gasteiger partial charge >= 0.3 is 5.97 Å². The number of ether oxygens (including phenoxy) is 2. The molecular weight excluding hydrogens is 458 g/mol. The lowest BCUT2D eigenvalue weighted by Crippen LogP contribution is -2.40. The minimum absolute atomic E-state index is 0. The van der Waals surface area contributed by atoms with Crippen LogP contribution in [0, 0.1) is 0 Å². The van der Waals surface area contributed by atoms with E-state index in [-0.39, 0.29) is 24.6 Å². The molecule has 1 aliphatic heterocycles. The number of esters is 1. The van der Waals surface area contributed by atoms with Crippen LogP contribution in [0.3, 0.4) is 0 Å². The van der Waals surface area contributed by atoms with E-state index in [2.05, 4.69) is 5.32 Å². The van der Waals surface area contributed by atoms with E-state index in [0.29, 0.717) is 24.4 Å². The average molecular weight is 488 g/mol. The fourth-order valence-corrected chi connectivity index (χ4v) is 7.20. The summed E-state index contributed by atoms with van der Waals surface area (Å²) < 4.78 is 36.2. The van der Waals surface area contributed by atoms with Gasteiger partial charge in [0.1, 0.15) is 16.1 Å². The van der Waals surface area contributed by atoms with E-state index in [1.807, 2.05) is 36.4 Å². The van der Waals surface area contributed by atoms with Gasteiger partial charge in [0.2, 0.25) is 0 Å². The van der Waals surface area contributed by atoms with E-state index in [1.165, 1.54) is 11.3 Å². The standard InChI is InChI=1S/C22H29NO5S2.ClH/c1-21(2,3)28-20(24)15-22(11-12-23-13-14-30(22,25)26)19-10-9-18(29-19)16-5-7-17(27-4)8-6-16;/h5-10,23H,11-15H2,1-4H3;1H. The lowest BCUT2D eigenvalue weighted by Gasteiger charge is -2.31. The molecule has 1 aromatic heterocycles. The molecule has 0 spiro atoms. The fourth-order valence-electron chi connectivity index (χ4n) is 3.64. The second kappa shape index (κ2) is 9.90. The zero-order chi connectivity index (χ0) is 22.0. The first-order valence-corrected chi connectivity index (χ1v) is 12.4. The number of hydrogen-bond acceptors (Lipinski definition) is 7. The average Bonchev–Trinajstić information content (AvgIpc) is 3.10. The summed E-state index contributed by atoms with van der Waals surface area (Å²) in [5, 5.41) is 3.16. The molecule has 6 nitrogen and oxygen atoms in total. The minimum Gasteiger partial charge on any atom is -0.497 e. The van der Waals surface area contributed by atoms with Gasteiger partial charge < -0.3 is 14.8 Å². The summed E-state index contributed by atoms with van der Waals surface area (Å²) >= 11 is 1.42. The van der Waals surface area contributed by atoms with Crippen LogP contribution in [-0.2, 0) is 24.1 Å². The number of benzene rings is 1. The van der Waals surface area contributed by atoms with Crippen LogP contribution in [0.4, 0.5) is 0 Å². The van der Waals surface area contributed by atoms with Gasteiger partial charge in [-0.25, -0.2) is 8.42 Å². The molecule has 0 amide bonds. The van der Waals surface area contributed by atoms with Crippen molar-refractivity contribution >= 4 is 39.6 Å². The van der Waals surface area contributed by atoms with Gasteiger partial charge in [-0.1, -0.05) is 0 Å². The van der Waals surface area contributed by atoms with Crippen LogP contribution in [-0.4, -0.2) is 45.9 Å². The molecule has 3 rings (SSSR count). The van der Waals surface area contributed by atoms with Crippen molar-refractivity contribution in [3.8, 4) is 16.2 Å². The summed E-state index contributed by atoms with van der Waals surface area (Å²) in [6.07, 6.45) is 0.147. The quantitative estimate of drug-likeness (QED) is 0.637. The lowest BCUT2D eigenvalue weighted by molar-refractivity contribution is -0.155. The molecule has 2 heterocycles. The van der Waals surface area contributed by atoms with E-state index >= 15 is 0 Å². The highest BCUT2D eigenvalue weighted by Crippen LogP contribution is 2.45. The second-order valence-corrected chi connectivity index (χ2v) is 12.0. The van der Waals surface area contributed by atoms with E-state index in [9.17, 15) is 13.2 Å². The fraction of sp³-hybridized carbons (Fsp3) is 0.500. The van der Waals surface area contributed by atoms with E-state index < -0.39 is 26.2 Å². The molecule has 1 aliphatic rings. The second-order valence-electron chi connectivity index (χ2n) is 8.47. The molecular formula is C22H30ClNO5S2. The number of sulfone groups is 1. The van der Waals surface area contributed by atoms with Gasteiger partial charge in [0.15, 0.2) is 9.84 Å². The van der Waals surface area contributed by atoms with Gasteiger partial charge in [0.05, 0.1) is 19.3 Å². The van der Waals surface area contributed by atoms with Crippen molar-refractivity contribution in [2.45, 2.75) is 44.0 Å². The van der Waals surface area contributed by atoms with Crippen molar-refractivity contribution in [2.75, 3.05) is 26.0 Å². The molecule has 1 N–H and O–H groups in total. The van der Waals surface area contributed by atoms with Crippen molar-refractivity contribution in [1.29, 1.82) is 0 Å². The Morgan fingerprint density at radius 1 is 1.13 bits per heavy atom. The Morgan fingerprint density at radius 2 is 1.81 bits per heavy atom. The van der Waals surface area contributed by atoms with Crippen molar-refractivity contribution in [3.05, 3.63) is 41.3 Å². The lowest BCUT2D eigenvalue weighted by atomic mass is 9.97. The van der Waals surface area contributed by atoms with E-state index in [4.69, 9.17) is 9.47 Å². The molecule has 1 atom stereocenters. The molecule has 0 bridgehead atoms. The highest BCUT2D eigenvalue weighted by Gasteiger charge is 2.49.